The van der Waals surface area contributed by atoms with Crippen molar-refractivity contribution in [2.24, 2.45) is 5.92 Å². The van der Waals surface area contributed by atoms with Gasteiger partial charge in [-0.3, -0.25) is 9.59 Å². The Labute approximate surface area is 165 Å². The van der Waals surface area contributed by atoms with E-state index >= 15 is 0 Å². The molecule has 0 unspecified atom stereocenters. The van der Waals surface area contributed by atoms with Crippen LogP contribution in [0, 0.1) is 5.92 Å². The molecule has 0 aliphatic carbocycles. The van der Waals surface area contributed by atoms with Crippen molar-refractivity contribution in [1.29, 1.82) is 0 Å². The van der Waals surface area contributed by atoms with Gasteiger partial charge in [-0.05, 0) is 38.5 Å². The molecule has 0 aromatic heterocycles. The van der Waals surface area contributed by atoms with Crippen molar-refractivity contribution in [1.82, 2.24) is 5.32 Å². The average Bonchev–Trinajstić information content (AvgIpc) is 2.61. The third-order valence-electron chi connectivity index (χ3n) is 3.79. The molecule has 0 saturated carbocycles. The standard InChI is InChI=1S/C22H27NO3S/c1-16(24)26-20(17-11-7-5-8-12-17)19(21(25)23-22(2,3)4)15-27-18-13-9-6-10-14-18/h5-14,19-20H,15H2,1-4H3,(H,23,25)/t19-,20+/m0/s1. The normalized spacial score (nSPS) is 13.5. The lowest BCUT2D eigenvalue weighted by Crippen LogP contribution is -2.46. The number of benzene rings is 2. The van der Waals surface area contributed by atoms with Crippen molar-refractivity contribution in [3.8, 4) is 0 Å². The second-order valence-corrected chi connectivity index (χ2v) is 8.50. The van der Waals surface area contributed by atoms with E-state index in [9.17, 15) is 9.59 Å². The lowest BCUT2D eigenvalue weighted by Gasteiger charge is -2.30. The minimum absolute atomic E-state index is 0.124. The number of esters is 1. The lowest BCUT2D eigenvalue weighted by molar-refractivity contribution is -0.151. The molecule has 2 aromatic rings. The van der Waals surface area contributed by atoms with E-state index in [4.69, 9.17) is 4.74 Å². The molecule has 5 heteroatoms. The van der Waals surface area contributed by atoms with E-state index in [1.165, 1.54) is 6.92 Å². The zero-order chi connectivity index (χ0) is 19.9. The summed E-state index contributed by atoms with van der Waals surface area (Å²) in [4.78, 5) is 25.9. The Bertz CT molecular complexity index is 741. The highest BCUT2D eigenvalue weighted by molar-refractivity contribution is 7.99. The molecule has 0 bridgehead atoms. The van der Waals surface area contributed by atoms with Gasteiger partial charge in [-0.25, -0.2) is 0 Å². The maximum absolute atomic E-state index is 13.1. The molecular weight excluding hydrogens is 358 g/mol. The van der Waals surface area contributed by atoms with Gasteiger partial charge in [0, 0.05) is 23.1 Å². The van der Waals surface area contributed by atoms with Gasteiger partial charge in [-0.2, -0.15) is 0 Å². The molecule has 2 aromatic carbocycles. The molecule has 0 fully saturated rings. The second kappa shape index (κ2) is 9.60. The quantitative estimate of drug-likeness (QED) is 0.558. The molecule has 0 radical (unpaired) electrons. The molecule has 0 aliphatic rings. The summed E-state index contributed by atoms with van der Waals surface area (Å²) in [6.45, 7) is 7.19. The maximum atomic E-state index is 13.1. The zero-order valence-electron chi connectivity index (χ0n) is 16.3. The summed E-state index contributed by atoms with van der Waals surface area (Å²) in [5.41, 5.74) is 0.444. The van der Waals surface area contributed by atoms with E-state index in [1.807, 2.05) is 81.4 Å². The van der Waals surface area contributed by atoms with Gasteiger partial charge in [0.25, 0.3) is 0 Å². The topological polar surface area (TPSA) is 55.4 Å². The molecule has 0 saturated heterocycles. The smallest absolute Gasteiger partial charge is 0.303 e. The summed E-state index contributed by atoms with van der Waals surface area (Å²) in [7, 11) is 0. The van der Waals surface area contributed by atoms with E-state index in [1.54, 1.807) is 11.8 Å². The van der Waals surface area contributed by atoms with E-state index in [0.717, 1.165) is 10.5 Å². The molecule has 4 nitrogen and oxygen atoms in total. The number of hydrogen-bond acceptors (Lipinski definition) is 4. The Kier molecular flexibility index (Phi) is 7.48. The fraction of sp³-hybridized carbons (Fsp3) is 0.364. The first-order valence-corrected chi connectivity index (χ1v) is 9.97. The van der Waals surface area contributed by atoms with Crippen LogP contribution in [0.5, 0.6) is 0 Å². The second-order valence-electron chi connectivity index (χ2n) is 7.41. The van der Waals surface area contributed by atoms with Gasteiger partial charge in [0.1, 0.15) is 6.10 Å². The van der Waals surface area contributed by atoms with E-state index in [-0.39, 0.29) is 11.4 Å². The van der Waals surface area contributed by atoms with Crippen LogP contribution in [0.2, 0.25) is 0 Å². The lowest BCUT2D eigenvalue weighted by atomic mass is 9.95. The third-order valence-corrected chi connectivity index (χ3v) is 4.93. The first-order valence-electron chi connectivity index (χ1n) is 8.98. The number of rotatable bonds is 7. The summed E-state index contributed by atoms with van der Waals surface area (Å²) in [5, 5.41) is 3.04. The predicted octanol–water partition coefficient (Wildman–Crippen LogP) is 4.61. The Morgan fingerprint density at radius 2 is 1.56 bits per heavy atom. The monoisotopic (exact) mass is 385 g/mol. The fourth-order valence-electron chi connectivity index (χ4n) is 2.67. The first kappa shape index (κ1) is 21.0. The van der Waals surface area contributed by atoms with Crippen molar-refractivity contribution in [3.05, 3.63) is 66.2 Å². The Balaban J connectivity index is 2.31. The van der Waals surface area contributed by atoms with E-state index < -0.39 is 18.0 Å². The Morgan fingerprint density at radius 3 is 2.07 bits per heavy atom. The number of carbonyl (C=O) groups is 2. The largest absolute Gasteiger partial charge is 0.457 e. The van der Waals surface area contributed by atoms with Crippen LogP contribution >= 0.6 is 11.8 Å². The van der Waals surface area contributed by atoms with Crippen molar-refractivity contribution in [2.75, 3.05) is 5.75 Å². The highest BCUT2D eigenvalue weighted by atomic mass is 32.2. The average molecular weight is 386 g/mol. The van der Waals surface area contributed by atoms with Gasteiger partial charge >= 0.3 is 5.97 Å². The van der Waals surface area contributed by atoms with Crippen LogP contribution < -0.4 is 5.32 Å². The van der Waals surface area contributed by atoms with Crippen molar-refractivity contribution in [2.45, 2.75) is 44.2 Å². The molecule has 1 N–H and O–H groups in total. The molecule has 27 heavy (non-hydrogen) atoms. The van der Waals surface area contributed by atoms with E-state index in [2.05, 4.69) is 5.32 Å². The van der Waals surface area contributed by atoms with Crippen LogP contribution in [0.25, 0.3) is 0 Å². The summed E-state index contributed by atoms with van der Waals surface area (Å²) in [6, 6.07) is 19.3. The highest BCUT2D eigenvalue weighted by Crippen LogP contribution is 2.32. The molecule has 144 valence electrons. The van der Waals surface area contributed by atoms with Crippen LogP contribution in [-0.2, 0) is 14.3 Å². The van der Waals surface area contributed by atoms with Gasteiger partial charge in [-0.1, -0.05) is 48.5 Å². The molecule has 2 atom stereocenters. The van der Waals surface area contributed by atoms with Gasteiger partial charge < -0.3 is 10.1 Å². The maximum Gasteiger partial charge on any atom is 0.303 e. The molecule has 1 amide bonds. The van der Waals surface area contributed by atoms with Crippen LogP contribution in [0.3, 0.4) is 0 Å². The number of amides is 1. The van der Waals surface area contributed by atoms with Crippen LogP contribution in [0.4, 0.5) is 0 Å². The van der Waals surface area contributed by atoms with Crippen LogP contribution in [0.1, 0.15) is 39.4 Å². The van der Waals surface area contributed by atoms with Crippen LogP contribution in [0.15, 0.2) is 65.6 Å². The summed E-state index contributed by atoms with van der Waals surface area (Å²) in [6.07, 6.45) is -0.637. The summed E-state index contributed by atoms with van der Waals surface area (Å²) < 4.78 is 5.61. The SMILES string of the molecule is CC(=O)O[C@H](c1ccccc1)[C@H](CSc1ccccc1)C(=O)NC(C)(C)C. The van der Waals surface area contributed by atoms with Gasteiger partial charge in [-0.15, -0.1) is 11.8 Å². The minimum atomic E-state index is -0.637. The van der Waals surface area contributed by atoms with E-state index in [0.29, 0.717) is 5.75 Å². The van der Waals surface area contributed by atoms with Crippen molar-refractivity contribution >= 4 is 23.6 Å². The molecule has 0 heterocycles. The third kappa shape index (κ3) is 7.10. The summed E-state index contributed by atoms with van der Waals surface area (Å²) >= 11 is 1.58. The first-order chi connectivity index (χ1) is 12.8. The molecule has 0 spiro atoms. The Morgan fingerprint density at radius 1 is 1.00 bits per heavy atom. The highest BCUT2D eigenvalue weighted by Gasteiger charge is 2.34. The number of nitrogens with one attached hydrogen (secondary N) is 1. The predicted molar refractivity (Wildman–Crippen MR) is 110 cm³/mol. The fourth-order valence-corrected chi connectivity index (χ4v) is 3.72. The van der Waals surface area contributed by atoms with Crippen molar-refractivity contribution < 1.29 is 14.3 Å². The van der Waals surface area contributed by atoms with Gasteiger partial charge in [0.2, 0.25) is 5.91 Å². The number of thioether (sulfide) groups is 1. The minimum Gasteiger partial charge on any atom is -0.457 e. The number of hydrogen-bond donors (Lipinski definition) is 1. The van der Waals surface area contributed by atoms with Gasteiger partial charge in [0.15, 0.2) is 0 Å². The molecular formula is C22H27NO3S. The van der Waals surface area contributed by atoms with Gasteiger partial charge in [0.05, 0.1) is 5.92 Å². The number of ether oxygens (including phenoxy) is 1. The van der Waals surface area contributed by atoms with Crippen molar-refractivity contribution in [3.63, 3.8) is 0 Å². The summed E-state index contributed by atoms with van der Waals surface area (Å²) in [5.74, 6) is -0.539. The molecule has 2 rings (SSSR count). The van der Waals surface area contributed by atoms with Crippen LogP contribution in [-0.4, -0.2) is 23.2 Å². The molecule has 0 aliphatic heterocycles. The zero-order valence-corrected chi connectivity index (χ0v) is 17.1. The number of carbonyl (C=O) groups excluding carboxylic acids is 2. The Hall–Kier alpha value is -2.27.